The molecule has 5 atom stereocenters. The second-order valence-electron chi connectivity index (χ2n) is 23.8. The number of carbonyl (C=O) groups excluding carboxylic acids is 4. The number of phosphoric acid groups is 2. The maximum absolute atomic E-state index is 13.1. The molecular formula is C79H128O17P2. The Hall–Kier alpha value is -5.32. The van der Waals surface area contributed by atoms with Gasteiger partial charge in [-0.05, 0) is 148 Å². The van der Waals surface area contributed by atoms with Gasteiger partial charge in [0.1, 0.15) is 19.3 Å². The lowest BCUT2D eigenvalue weighted by atomic mass is 10.1. The average Bonchev–Trinajstić information content (AvgIpc) is 0.980. The third kappa shape index (κ3) is 69.2. The summed E-state index contributed by atoms with van der Waals surface area (Å²) in [6.45, 7) is 4.34. The molecule has 0 heterocycles. The second-order valence-corrected chi connectivity index (χ2v) is 26.7. The van der Waals surface area contributed by atoms with Crippen LogP contribution in [0, 0.1) is 0 Å². The number of allylic oxidation sites excluding steroid dienone is 26. The van der Waals surface area contributed by atoms with Crippen LogP contribution in [0.2, 0.25) is 0 Å². The summed E-state index contributed by atoms with van der Waals surface area (Å²) in [5.41, 5.74) is 0. The number of phosphoric ester groups is 2. The zero-order chi connectivity index (χ0) is 71.8. The molecule has 0 aromatic carbocycles. The maximum atomic E-state index is 13.1. The molecule has 0 aliphatic rings. The molecule has 98 heavy (non-hydrogen) atoms. The molecule has 0 aromatic rings. The maximum Gasteiger partial charge on any atom is 0.472 e. The van der Waals surface area contributed by atoms with E-state index in [0.717, 1.165) is 154 Å². The van der Waals surface area contributed by atoms with Crippen LogP contribution in [-0.2, 0) is 65.4 Å². The third-order valence-corrected chi connectivity index (χ3v) is 16.3. The monoisotopic (exact) mass is 1410 g/mol. The molecular weight excluding hydrogens is 1280 g/mol. The minimum absolute atomic E-state index is 0.00163. The topological polar surface area (TPSA) is 237 Å². The largest absolute Gasteiger partial charge is 0.472 e. The van der Waals surface area contributed by atoms with Crippen molar-refractivity contribution in [2.24, 2.45) is 0 Å². The van der Waals surface area contributed by atoms with Crippen LogP contribution in [0.15, 0.2) is 158 Å². The van der Waals surface area contributed by atoms with Crippen LogP contribution in [0.3, 0.4) is 0 Å². The average molecular weight is 1410 g/mol. The number of unbranched alkanes of at least 4 members (excludes halogenated alkanes) is 15. The SMILES string of the molecule is CC/C=C\C/C=C\C/C=C\C/C=C\C/C=C\CCCC(=O)OCC(COP(=O)(O)OCC(O)COP(=O)(O)OCC(COC(=O)CCCCCCC/C=C\C/C=C\CCC)OC(=O)CCCCCCC/C=C\CCCC)OC(=O)CCC/C=C\C/C=C\C/C=C\C/C=C\C/C=C\CC. The van der Waals surface area contributed by atoms with Crippen molar-refractivity contribution in [1.29, 1.82) is 0 Å². The predicted molar refractivity (Wildman–Crippen MR) is 399 cm³/mol. The fraction of sp³-hybridized carbons (Fsp3) is 0.620. The summed E-state index contributed by atoms with van der Waals surface area (Å²) in [6, 6.07) is 0. The summed E-state index contributed by atoms with van der Waals surface area (Å²) in [6.07, 6.45) is 79.8. The fourth-order valence-electron chi connectivity index (χ4n) is 8.90. The molecule has 0 aromatic heterocycles. The van der Waals surface area contributed by atoms with E-state index < -0.39 is 97.5 Å². The van der Waals surface area contributed by atoms with Gasteiger partial charge in [-0.15, -0.1) is 0 Å². The number of aliphatic hydroxyl groups is 1. The first-order chi connectivity index (χ1) is 47.7. The summed E-state index contributed by atoms with van der Waals surface area (Å²) < 4.78 is 68.2. The zero-order valence-electron chi connectivity index (χ0n) is 60.4. The van der Waals surface area contributed by atoms with Gasteiger partial charge < -0.3 is 33.8 Å². The summed E-state index contributed by atoms with van der Waals surface area (Å²) in [4.78, 5) is 72.7. The number of esters is 4. The first-order valence-corrected chi connectivity index (χ1v) is 39.7. The van der Waals surface area contributed by atoms with E-state index in [0.29, 0.717) is 38.5 Å². The minimum Gasteiger partial charge on any atom is -0.462 e. The molecule has 5 unspecified atom stereocenters. The van der Waals surface area contributed by atoms with Gasteiger partial charge in [-0.1, -0.05) is 243 Å². The van der Waals surface area contributed by atoms with Crippen LogP contribution in [0.4, 0.5) is 0 Å². The summed E-state index contributed by atoms with van der Waals surface area (Å²) in [7, 11) is -9.99. The highest BCUT2D eigenvalue weighted by Gasteiger charge is 2.30. The molecule has 556 valence electrons. The van der Waals surface area contributed by atoms with Crippen LogP contribution < -0.4 is 0 Å². The standard InChI is InChI=1S/C79H128O17P2/c1-5-9-13-17-21-25-29-32-34-36-38-41-45-48-52-56-60-64-77(82)90-70-75(96-79(84)66-62-58-54-50-46-42-39-37-35-33-30-26-22-18-14-10-6-2)72-94-98(87,88)92-68-73(80)67-91-97(85,86)93-71-74(95-78(83)65-61-57-53-49-43-28-24-20-16-12-8-4)69-89-76(81)63-59-55-51-47-44-40-31-27-23-19-15-11-7-3/h9-10,13-15,19-22,24-27,31-35,38-39,41-42,48,50,52,54,73-75,80H,5-8,11-12,16-18,23,28-30,36-37,40,43-47,49,51,53,55-72H2,1-4H3,(H,85,86)(H,87,88)/b13-9-,14-10-,19-15-,24-20-,25-21-,26-22-,31-27-,34-32-,35-33-,41-38-,42-39-,52-48-,54-50-. The van der Waals surface area contributed by atoms with Gasteiger partial charge in [0.25, 0.3) is 0 Å². The van der Waals surface area contributed by atoms with E-state index in [4.69, 9.17) is 37.0 Å². The first kappa shape index (κ1) is 92.7. The molecule has 0 radical (unpaired) electrons. The Kier molecular flexibility index (Phi) is 66.3. The first-order valence-electron chi connectivity index (χ1n) is 36.7. The van der Waals surface area contributed by atoms with Gasteiger partial charge >= 0.3 is 39.5 Å². The van der Waals surface area contributed by atoms with Crippen LogP contribution in [-0.4, -0.2) is 96.7 Å². The number of hydrogen-bond acceptors (Lipinski definition) is 15. The highest BCUT2D eigenvalue weighted by molar-refractivity contribution is 7.47. The van der Waals surface area contributed by atoms with Crippen LogP contribution in [0.1, 0.15) is 259 Å². The van der Waals surface area contributed by atoms with Crippen molar-refractivity contribution in [3.63, 3.8) is 0 Å². The van der Waals surface area contributed by atoms with Crippen LogP contribution in [0.5, 0.6) is 0 Å². The molecule has 17 nitrogen and oxygen atoms in total. The lowest BCUT2D eigenvalue weighted by molar-refractivity contribution is -0.161. The number of aliphatic hydroxyl groups excluding tert-OH is 1. The minimum atomic E-state index is -5.01. The Morgan fingerprint density at radius 3 is 0.918 bits per heavy atom. The van der Waals surface area contributed by atoms with E-state index in [1.165, 1.54) is 12.8 Å². The highest BCUT2D eigenvalue weighted by Crippen LogP contribution is 2.45. The van der Waals surface area contributed by atoms with Gasteiger partial charge in [0.05, 0.1) is 26.4 Å². The Morgan fingerprint density at radius 1 is 0.296 bits per heavy atom. The molecule has 0 aliphatic carbocycles. The molecule has 0 saturated heterocycles. The van der Waals surface area contributed by atoms with Crippen molar-refractivity contribution in [2.45, 2.75) is 277 Å². The molecule has 0 spiro atoms. The Balaban J connectivity index is 5.47. The van der Waals surface area contributed by atoms with Crippen molar-refractivity contribution in [3.05, 3.63) is 158 Å². The molecule has 19 heteroatoms. The van der Waals surface area contributed by atoms with E-state index in [-0.39, 0.29) is 25.7 Å². The lowest BCUT2D eigenvalue weighted by Crippen LogP contribution is -2.30. The normalized spacial score (nSPS) is 14.9. The van der Waals surface area contributed by atoms with Crippen molar-refractivity contribution < 1.29 is 80.2 Å². The van der Waals surface area contributed by atoms with E-state index in [1.807, 2.05) is 24.3 Å². The fourth-order valence-corrected chi connectivity index (χ4v) is 10.5. The van der Waals surface area contributed by atoms with Gasteiger partial charge in [0, 0.05) is 25.7 Å². The Bertz CT molecular complexity index is 2480. The van der Waals surface area contributed by atoms with Gasteiger partial charge in [0.2, 0.25) is 0 Å². The van der Waals surface area contributed by atoms with Gasteiger partial charge in [-0.2, -0.15) is 0 Å². The van der Waals surface area contributed by atoms with Crippen LogP contribution in [0.25, 0.3) is 0 Å². The molecule has 3 N–H and O–H groups in total. The van der Waals surface area contributed by atoms with Crippen molar-refractivity contribution in [2.75, 3.05) is 39.6 Å². The number of hydrogen-bond donors (Lipinski definition) is 3. The molecule has 0 bridgehead atoms. The van der Waals surface area contributed by atoms with E-state index in [2.05, 4.69) is 161 Å². The summed E-state index contributed by atoms with van der Waals surface area (Å²) in [5.74, 6) is -2.35. The third-order valence-electron chi connectivity index (χ3n) is 14.4. The molecule has 0 amide bonds. The molecule has 0 fully saturated rings. The molecule has 0 saturated carbocycles. The van der Waals surface area contributed by atoms with E-state index in [1.54, 1.807) is 0 Å². The molecule has 0 aliphatic heterocycles. The predicted octanol–water partition coefficient (Wildman–Crippen LogP) is 20.9. The quantitative estimate of drug-likeness (QED) is 0.0169. The highest BCUT2D eigenvalue weighted by atomic mass is 31.2. The Labute approximate surface area is 591 Å². The van der Waals surface area contributed by atoms with Crippen molar-refractivity contribution in [3.8, 4) is 0 Å². The smallest absolute Gasteiger partial charge is 0.462 e. The Morgan fingerprint density at radius 2 is 0.561 bits per heavy atom. The number of rotatable bonds is 67. The van der Waals surface area contributed by atoms with E-state index >= 15 is 0 Å². The number of ether oxygens (including phenoxy) is 4. The summed E-state index contributed by atoms with van der Waals surface area (Å²) in [5, 5.41) is 10.6. The lowest BCUT2D eigenvalue weighted by Gasteiger charge is -2.21. The molecule has 0 rings (SSSR count). The van der Waals surface area contributed by atoms with E-state index in [9.17, 15) is 43.2 Å². The zero-order valence-corrected chi connectivity index (χ0v) is 62.2. The van der Waals surface area contributed by atoms with Gasteiger partial charge in [-0.3, -0.25) is 37.3 Å². The van der Waals surface area contributed by atoms with Gasteiger partial charge in [0.15, 0.2) is 12.2 Å². The summed E-state index contributed by atoms with van der Waals surface area (Å²) >= 11 is 0. The number of carbonyl (C=O) groups is 4. The van der Waals surface area contributed by atoms with Crippen molar-refractivity contribution in [1.82, 2.24) is 0 Å². The van der Waals surface area contributed by atoms with Crippen molar-refractivity contribution >= 4 is 39.5 Å². The van der Waals surface area contributed by atoms with Gasteiger partial charge in [-0.25, -0.2) is 9.13 Å². The second kappa shape index (κ2) is 70.1. The van der Waals surface area contributed by atoms with Crippen LogP contribution >= 0.6 is 15.6 Å².